The smallest absolute Gasteiger partial charge is 0.0440 e. The van der Waals surface area contributed by atoms with Gasteiger partial charge in [0.15, 0.2) is 0 Å². The number of nitrogens with two attached hydrogens (primary N) is 1. The minimum absolute atomic E-state index is 0.156. The summed E-state index contributed by atoms with van der Waals surface area (Å²) in [5, 5.41) is 9.31. The molecule has 1 atom stereocenters. The first kappa shape index (κ1) is 15.2. The van der Waals surface area contributed by atoms with Gasteiger partial charge >= 0.3 is 0 Å². The summed E-state index contributed by atoms with van der Waals surface area (Å²) < 4.78 is 0. The second-order valence-electron chi connectivity index (χ2n) is 6.30. The largest absolute Gasteiger partial charge is 0.396 e. The normalized spacial score (nSPS) is 15.8. The first-order valence-corrected chi connectivity index (χ1v) is 6.72. The molecular formula is C16H27NO. The quantitative estimate of drug-likeness (QED) is 0.842. The first-order chi connectivity index (χ1) is 8.22. The summed E-state index contributed by atoms with van der Waals surface area (Å²) in [6, 6.07) is 8.64. The summed E-state index contributed by atoms with van der Waals surface area (Å²) in [5.41, 5.74) is 8.28. The van der Waals surface area contributed by atoms with Gasteiger partial charge in [-0.25, -0.2) is 0 Å². The predicted molar refractivity (Wildman–Crippen MR) is 77.9 cm³/mol. The van der Waals surface area contributed by atoms with Gasteiger partial charge in [0.2, 0.25) is 0 Å². The highest BCUT2D eigenvalue weighted by molar-refractivity contribution is 5.33. The van der Waals surface area contributed by atoms with Crippen LogP contribution in [-0.4, -0.2) is 17.3 Å². The molecule has 0 aliphatic rings. The molecule has 0 spiro atoms. The number of aliphatic hydroxyl groups is 1. The van der Waals surface area contributed by atoms with Gasteiger partial charge in [-0.3, -0.25) is 0 Å². The number of benzene rings is 1. The Hall–Kier alpha value is -0.860. The average molecular weight is 249 g/mol. The molecule has 0 amide bonds. The maximum Gasteiger partial charge on any atom is 0.0440 e. The second kappa shape index (κ2) is 5.41. The van der Waals surface area contributed by atoms with Crippen LogP contribution in [0.1, 0.15) is 58.1 Å². The van der Waals surface area contributed by atoms with E-state index in [1.165, 1.54) is 11.1 Å². The lowest BCUT2D eigenvalue weighted by Crippen LogP contribution is -2.52. The third-order valence-corrected chi connectivity index (χ3v) is 4.25. The molecule has 0 aliphatic carbocycles. The zero-order valence-electron chi connectivity index (χ0n) is 12.3. The van der Waals surface area contributed by atoms with Crippen molar-refractivity contribution >= 4 is 0 Å². The minimum atomic E-state index is -0.366. The highest BCUT2D eigenvalue weighted by Crippen LogP contribution is 2.37. The molecule has 0 bridgehead atoms. The van der Waals surface area contributed by atoms with E-state index in [-0.39, 0.29) is 17.6 Å². The molecule has 18 heavy (non-hydrogen) atoms. The Balaban J connectivity index is 3.15. The van der Waals surface area contributed by atoms with Crippen molar-refractivity contribution < 1.29 is 5.11 Å². The average Bonchev–Trinajstić information content (AvgIpc) is 2.28. The van der Waals surface area contributed by atoms with Crippen LogP contribution in [0.2, 0.25) is 0 Å². The van der Waals surface area contributed by atoms with Gasteiger partial charge in [0.1, 0.15) is 0 Å². The molecule has 1 unspecified atom stereocenters. The number of aliphatic hydroxyl groups excluding tert-OH is 1. The molecule has 1 aromatic carbocycles. The van der Waals surface area contributed by atoms with Crippen LogP contribution in [0.3, 0.4) is 0 Å². The van der Waals surface area contributed by atoms with Crippen LogP contribution < -0.4 is 5.73 Å². The van der Waals surface area contributed by atoms with Crippen molar-refractivity contribution in [3.63, 3.8) is 0 Å². The van der Waals surface area contributed by atoms with Crippen molar-refractivity contribution in [3.8, 4) is 0 Å². The van der Waals surface area contributed by atoms with Crippen LogP contribution in [0.15, 0.2) is 24.3 Å². The van der Waals surface area contributed by atoms with Crippen molar-refractivity contribution in [1.82, 2.24) is 0 Å². The molecular weight excluding hydrogens is 222 g/mol. The monoisotopic (exact) mass is 249 g/mol. The summed E-state index contributed by atoms with van der Waals surface area (Å²) in [7, 11) is 0. The molecule has 2 heteroatoms. The van der Waals surface area contributed by atoms with Crippen LogP contribution in [0.5, 0.6) is 0 Å². The van der Waals surface area contributed by atoms with Gasteiger partial charge in [0.05, 0.1) is 0 Å². The van der Waals surface area contributed by atoms with Gasteiger partial charge in [-0.1, -0.05) is 45.0 Å². The molecule has 0 saturated heterocycles. The lowest BCUT2D eigenvalue weighted by molar-refractivity contribution is 0.190. The molecule has 1 aromatic rings. The van der Waals surface area contributed by atoms with Crippen molar-refractivity contribution in [2.24, 2.45) is 5.73 Å². The van der Waals surface area contributed by atoms with Gasteiger partial charge in [-0.05, 0) is 37.3 Å². The van der Waals surface area contributed by atoms with Gasteiger partial charge < -0.3 is 10.8 Å². The van der Waals surface area contributed by atoms with Crippen molar-refractivity contribution in [2.75, 3.05) is 6.61 Å². The summed E-state index contributed by atoms with van der Waals surface area (Å²) >= 11 is 0. The zero-order valence-corrected chi connectivity index (χ0v) is 12.3. The molecule has 0 saturated carbocycles. The first-order valence-electron chi connectivity index (χ1n) is 6.72. The van der Waals surface area contributed by atoms with E-state index in [0.717, 1.165) is 0 Å². The van der Waals surface area contributed by atoms with E-state index in [2.05, 4.69) is 45.0 Å². The Morgan fingerprint density at radius 1 is 1.11 bits per heavy atom. The van der Waals surface area contributed by atoms with Gasteiger partial charge in [-0.15, -0.1) is 0 Å². The molecule has 3 N–H and O–H groups in total. The Labute approximate surface area is 111 Å². The Morgan fingerprint density at radius 2 is 1.61 bits per heavy atom. The third kappa shape index (κ3) is 2.93. The van der Waals surface area contributed by atoms with E-state index in [4.69, 9.17) is 5.73 Å². The van der Waals surface area contributed by atoms with Crippen molar-refractivity contribution in [2.45, 2.75) is 57.9 Å². The zero-order chi connectivity index (χ0) is 14.0. The lowest BCUT2D eigenvalue weighted by Gasteiger charge is -2.42. The minimum Gasteiger partial charge on any atom is -0.396 e. The van der Waals surface area contributed by atoms with Crippen LogP contribution >= 0.6 is 0 Å². The Kier molecular flexibility index (Phi) is 4.57. The summed E-state index contributed by atoms with van der Waals surface area (Å²) in [6.45, 7) is 10.7. The van der Waals surface area contributed by atoms with E-state index in [9.17, 15) is 5.11 Å². The molecule has 0 aromatic heterocycles. The van der Waals surface area contributed by atoms with Crippen LogP contribution in [0.4, 0.5) is 0 Å². The number of rotatable bonds is 5. The van der Waals surface area contributed by atoms with Gasteiger partial charge in [0.25, 0.3) is 0 Å². The fourth-order valence-corrected chi connectivity index (χ4v) is 2.30. The van der Waals surface area contributed by atoms with Crippen molar-refractivity contribution in [1.29, 1.82) is 0 Å². The van der Waals surface area contributed by atoms with Crippen molar-refractivity contribution in [3.05, 3.63) is 35.4 Å². The Bertz CT molecular complexity index is 375. The summed E-state index contributed by atoms with van der Waals surface area (Å²) in [4.78, 5) is 0. The standard InChI is InChI=1S/C16H27NO/c1-12(2)13-6-8-14(9-7-13)16(5,10-11-18)15(3,4)17/h6-9,12,18H,10-11,17H2,1-5H3. The fourth-order valence-electron chi connectivity index (χ4n) is 2.30. The van der Waals surface area contributed by atoms with E-state index < -0.39 is 0 Å². The molecule has 0 radical (unpaired) electrons. The predicted octanol–water partition coefficient (Wildman–Crippen LogP) is 3.19. The molecule has 2 nitrogen and oxygen atoms in total. The lowest BCUT2D eigenvalue weighted by atomic mass is 9.66. The topological polar surface area (TPSA) is 46.2 Å². The Morgan fingerprint density at radius 3 is 1.94 bits per heavy atom. The highest BCUT2D eigenvalue weighted by Gasteiger charge is 2.39. The fraction of sp³-hybridized carbons (Fsp3) is 0.625. The van der Waals surface area contributed by atoms with Gasteiger partial charge in [0, 0.05) is 17.6 Å². The molecule has 1 rings (SSSR count). The van der Waals surface area contributed by atoms with E-state index in [0.29, 0.717) is 12.3 Å². The van der Waals surface area contributed by atoms with E-state index >= 15 is 0 Å². The van der Waals surface area contributed by atoms with Crippen LogP contribution in [0, 0.1) is 0 Å². The maximum atomic E-state index is 9.31. The van der Waals surface area contributed by atoms with Gasteiger partial charge in [-0.2, -0.15) is 0 Å². The van der Waals surface area contributed by atoms with Crippen LogP contribution in [0.25, 0.3) is 0 Å². The molecule has 0 heterocycles. The highest BCUT2D eigenvalue weighted by atomic mass is 16.3. The van der Waals surface area contributed by atoms with Crippen LogP contribution in [-0.2, 0) is 5.41 Å². The maximum absolute atomic E-state index is 9.31. The number of hydrogen-bond donors (Lipinski definition) is 2. The third-order valence-electron chi connectivity index (χ3n) is 4.25. The van der Waals surface area contributed by atoms with E-state index in [1.54, 1.807) is 0 Å². The second-order valence-corrected chi connectivity index (χ2v) is 6.30. The SMILES string of the molecule is CC(C)c1ccc(C(C)(CCO)C(C)(C)N)cc1. The number of hydrogen-bond acceptors (Lipinski definition) is 2. The van der Waals surface area contributed by atoms with E-state index in [1.807, 2.05) is 13.8 Å². The molecule has 102 valence electrons. The summed E-state index contributed by atoms with van der Waals surface area (Å²) in [6.07, 6.45) is 0.678. The summed E-state index contributed by atoms with van der Waals surface area (Å²) in [5.74, 6) is 0.536. The molecule has 0 aliphatic heterocycles. The molecule has 0 fully saturated rings.